The molecule has 2 rings (SSSR count). The molecule has 0 unspecified atom stereocenters. The summed E-state index contributed by atoms with van der Waals surface area (Å²) in [6.45, 7) is 0. The smallest absolute Gasteiger partial charge is 0.244 e. The van der Waals surface area contributed by atoms with Crippen LogP contribution in [0.2, 0.25) is 5.02 Å². The van der Waals surface area contributed by atoms with Crippen LogP contribution in [0, 0.1) is 5.82 Å². The fourth-order valence-corrected chi connectivity index (χ4v) is 1.85. The van der Waals surface area contributed by atoms with Crippen LogP contribution in [0.4, 0.5) is 4.39 Å². The highest BCUT2D eigenvalue weighted by Crippen LogP contribution is 2.16. The van der Waals surface area contributed by atoms with Crippen molar-refractivity contribution in [1.82, 2.24) is 5.43 Å². The molecule has 0 aliphatic rings. The molecule has 0 fully saturated rings. The lowest BCUT2D eigenvalue weighted by Crippen LogP contribution is -2.19. The molecular weight excluding hydrogens is 295 g/mol. The van der Waals surface area contributed by atoms with Gasteiger partial charge in [0.05, 0.1) is 17.7 Å². The number of hydrogen-bond donors (Lipinski definition) is 2. The molecule has 2 N–H and O–H groups in total. The molecule has 1 amide bonds. The summed E-state index contributed by atoms with van der Waals surface area (Å²) in [4.78, 5) is 11.6. The van der Waals surface area contributed by atoms with E-state index in [0.717, 1.165) is 11.8 Å². The van der Waals surface area contributed by atoms with Crippen molar-refractivity contribution in [2.75, 3.05) is 0 Å². The second kappa shape index (κ2) is 6.85. The molecule has 2 aromatic rings. The lowest BCUT2D eigenvalue weighted by atomic mass is 10.1. The van der Waals surface area contributed by atoms with Gasteiger partial charge in [0.1, 0.15) is 11.6 Å². The van der Waals surface area contributed by atoms with Crippen molar-refractivity contribution in [3.63, 3.8) is 0 Å². The topological polar surface area (TPSA) is 61.7 Å². The number of aromatic hydroxyl groups is 1. The molecular formula is C15H12ClFN2O2. The van der Waals surface area contributed by atoms with Gasteiger partial charge >= 0.3 is 0 Å². The number of nitrogens with zero attached hydrogens (tertiary/aromatic N) is 1. The Labute approximate surface area is 125 Å². The Bertz CT molecular complexity index is 652. The van der Waals surface area contributed by atoms with E-state index in [2.05, 4.69) is 10.5 Å². The van der Waals surface area contributed by atoms with E-state index in [-0.39, 0.29) is 28.7 Å². The Balaban J connectivity index is 1.95. The number of amides is 1. The number of rotatable bonds is 4. The van der Waals surface area contributed by atoms with Crippen LogP contribution in [-0.4, -0.2) is 17.2 Å². The summed E-state index contributed by atoms with van der Waals surface area (Å²) in [5.41, 5.74) is 3.13. The molecule has 0 aromatic heterocycles. The van der Waals surface area contributed by atoms with Crippen LogP contribution in [0.25, 0.3) is 0 Å². The monoisotopic (exact) mass is 306 g/mol. The molecule has 0 radical (unpaired) electrons. The third-order valence-corrected chi connectivity index (χ3v) is 3.01. The largest absolute Gasteiger partial charge is 0.508 e. The van der Waals surface area contributed by atoms with Crippen molar-refractivity contribution >= 4 is 23.7 Å². The third-order valence-electron chi connectivity index (χ3n) is 2.68. The molecule has 21 heavy (non-hydrogen) atoms. The number of phenolic OH excluding ortho intramolecular Hbond substituents is 1. The zero-order valence-corrected chi connectivity index (χ0v) is 11.6. The first-order valence-electron chi connectivity index (χ1n) is 6.10. The number of carbonyl (C=O) groups excluding carboxylic acids is 1. The van der Waals surface area contributed by atoms with Gasteiger partial charge in [-0.05, 0) is 29.8 Å². The van der Waals surface area contributed by atoms with E-state index < -0.39 is 5.82 Å². The zero-order chi connectivity index (χ0) is 15.2. The second-order valence-corrected chi connectivity index (χ2v) is 4.68. The standard InChI is InChI=1S/C15H12ClFN2O2/c16-13-2-1-3-14(17)12(13)9-18-19-15(21)8-10-4-6-11(20)7-5-10/h1-7,9,20H,8H2,(H,19,21)/b18-9-. The summed E-state index contributed by atoms with van der Waals surface area (Å²) >= 11 is 5.82. The maximum atomic E-state index is 13.4. The van der Waals surface area contributed by atoms with Gasteiger partial charge in [-0.1, -0.05) is 29.8 Å². The lowest BCUT2D eigenvalue weighted by Gasteiger charge is -2.02. The van der Waals surface area contributed by atoms with Gasteiger partial charge < -0.3 is 5.11 Å². The van der Waals surface area contributed by atoms with E-state index in [4.69, 9.17) is 16.7 Å². The molecule has 0 spiro atoms. The van der Waals surface area contributed by atoms with E-state index in [9.17, 15) is 9.18 Å². The first-order valence-corrected chi connectivity index (χ1v) is 6.48. The molecule has 0 saturated carbocycles. The predicted octanol–water partition coefficient (Wildman–Crippen LogP) is 2.88. The molecule has 0 saturated heterocycles. The number of carbonyl (C=O) groups is 1. The quantitative estimate of drug-likeness (QED) is 0.674. The zero-order valence-electron chi connectivity index (χ0n) is 10.9. The minimum Gasteiger partial charge on any atom is -0.508 e. The van der Waals surface area contributed by atoms with Crippen molar-refractivity contribution in [1.29, 1.82) is 0 Å². The summed E-state index contributed by atoms with van der Waals surface area (Å²) in [6, 6.07) is 10.5. The average Bonchev–Trinajstić information content (AvgIpc) is 2.45. The van der Waals surface area contributed by atoms with Gasteiger partial charge in [-0.3, -0.25) is 4.79 Å². The van der Waals surface area contributed by atoms with Gasteiger partial charge in [0.25, 0.3) is 0 Å². The van der Waals surface area contributed by atoms with E-state index in [1.807, 2.05) is 0 Å². The van der Waals surface area contributed by atoms with Crippen LogP contribution in [0.15, 0.2) is 47.6 Å². The van der Waals surface area contributed by atoms with Crippen LogP contribution in [0.5, 0.6) is 5.75 Å². The molecule has 2 aromatic carbocycles. The highest BCUT2D eigenvalue weighted by molar-refractivity contribution is 6.33. The van der Waals surface area contributed by atoms with E-state index in [1.165, 1.54) is 30.3 Å². The third kappa shape index (κ3) is 4.29. The van der Waals surface area contributed by atoms with Gasteiger partial charge in [-0.2, -0.15) is 5.10 Å². The summed E-state index contributed by atoms with van der Waals surface area (Å²) in [7, 11) is 0. The lowest BCUT2D eigenvalue weighted by molar-refractivity contribution is -0.120. The molecule has 6 heteroatoms. The van der Waals surface area contributed by atoms with Crippen LogP contribution in [0.1, 0.15) is 11.1 Å². The number of hydrogen-bond acceptors (Lipinski definition) is 3. The summed E-state index contributed by atoms with van der Waals surface area (Å²) in [5.74, 6) is -0.741. The molecule has 0 atom stereocenters. The second-order valence-electron chi connectivity index (χ2n) is 4.27. The van der Waals surface area contributed by atoms with E-state index in [1.54, 1.807) is 12.1 Å². The Morgan fingerprint density at radius 2 is 2.00 bits per heavy atom. The first-order chi connectivity index (χ1) is 10.1. The molecule has 0 heterocycles. The number of hydrazone groups is 1. The number of halogens is 2. The maximum absolute atomic E-state index is 13.4. The highest BCUT2D eigenvalue weighted by Gasteiger charge is 2.05. The fourth-order valence-electron chi connectivity index (χ4n) is 1.64. The molecule has 0 bridgehead atoms. The summed E-state index contributed by atoms with van der Waals surface area (Å²) in [5, 5.41) is 13.0. The van der Waals surface area contributed by atoms with Crippen molar-refractivity contribution in [3.8, 4) is 5.75 Å². The van der Waals surface area contributed by atoms with Crippen LogP contribution >= 0.6 is 11.6 Å². The highest BCUT2D eigenvalue weighted by atomic mass is 35.5. The minimum absolute atomic E-state index is 0.0998. The van der Waals surface area contributed by atoms with Crippen molar-refractivity contribution in [2.24, 2.45) is 5.10 Å². The molecule has 4 nitrogen and oxygen atoms in total. The molecule has 0 aliphatic carbocycles. The SMILES string of the molecule is O=C(Cc1ccc(O)cc1)N/N=C\c1c(F)cccc1Cl. The van der Waals surface area contributed by atoms with Crippen LogP contribution < -0.4 is 5.43 Å². The predicted molar refractivity (Wildman–Crippen MR) is 79.0 cm³/mol. The maximum Gasteiger partial charge on any atom is 0.244 e. The summed E-state index contributed by atoms with van der Waals surface area (Å²) in [6.07, 6.45) is 1.26. The number of nitrogens with one attached hydrogen (secondary N) is 1. The Kier molecular flexibility index (Phi) is 4.90. The van der Waals surface area contributed by atoms with E-state index >= 15 is 0 Å². The van der Waals surface area contributed by atoms with Gasteiger partial charge in [0, 0.05) is 5.56 Å². The Morgan fingerprint density at radius 3 is 2.67 bits per heavy atom. The van der Waals surface area contributed by atoms with Crippen LogP contribution in [0.3, 0.4) is 0 Å². The van der Waals surface area contributed by atoms with Crippen molar-refractivity contribution in [2.45, 2.75) is 6.42 Å². The van der Waals surface area contributed by atoms with E-state index in [0.29, 0.717) is 0 Å². The van der Waals surface area contributed by atoms with Crippen LogP contribution in [-0.2, 0) is 11.2 Å². The normalized spacial score (nSPS) is 10.8. The molecule has 108 valence electrons. The Hall–Kier alpha value is -2.40. The average molecular weight is 307 g/mol. The van der Waals surface area contributed by atoms with Gasteiger partial charge in [-0.15, -0.1) is 0 Å². The van der Waals surface area contributed by atoms with Gasteiger partial charge in [0.2, 0.25) is 5.91 Å². The van der Waals surface area contributed by atoms with Crippen molar-refractivity contribution < 1.29 is 14.3 Å². The van der Waals surface area contributed by atoms with Gasteiger partial charge in [0.15, 0.2) is 0 Å². The fraction of sp³-hybridized carbons (Fsp3) is 0.0667. The number of phenols is 1. The van der Waals surface area contributed by atoms with Crippen molar-refractivity contribution in [3.05, 3.63) is 64.4 Å². The molecule has 0 aliphatic heterocycles. The number of benzene rings is 2. The summed E-state index contributed by atoms with van der Waals surface area (Å²) < 4.78 is 13.4. The Morgan fingerprint density at radius 1 is 1.29 bits per heavy atom. The van der Waals surface area contributed by atoms with Gasteiger partial charge in [-0.25, -0.2) is 9.82 Å². The first kappa shape index (κ1) is 15.0. The minimum atomic E-state index is -0.515.